The SMILES string of the molecule is CCCCCC(=O)Oc1ccc(C[C@](NC(C)CC)(OC(=O)C(C)(C)C)C(=O)O)cc1OC(=O)CCCCC. The number of hydrogen-bond acceptors (Lipinski definition) is 8. The van der Waals surface area contributed by atoms with Crippen LogP contribution in [0.3, 0.4) is 0 Å². The van der Waals surface area contributed by atoms with Crippen molar-refractivity contribution in [2.24, 2.45) is 5.41 Å². The Hall–Kier alpha value is -2.94. The second-order valence-corrected chi connectivity index (χ2v) is 11.0. The Kier molecular flexibility index (Phi) is 14.2. The van der Waals surface area contributed by atoms with E-state index < -0.39 is 35.0 Å². The first-order chi connectivity index (χ1) is 18.3. The van der Waals surface area contributed by atoms with Gasteiger partial charge in [-0.3, -0.25) is 19.7 Å². The fourth-order valence-electron chi connectivity index (χ4n) is 3.61. The number of carboxylic acids is 1. The van der Waals surface area contributed by atoms with Crippen LogP contribution in [0.15, 0.2) is 18.2 Å². The van der Waals surface area contributed by atoms with Crippen LogP contribution < -0.4 is 14.8 Å². The average molecular weight is 550 g/mol. The van der Waals surface area contributed by atoms with Crippen molar-refractivity contribution in [1.82, 2.24) is 5.32 Å². The number of benzene rings is 1. The summed E-state index contributed by atoms with van der Waals surface area (Å²) in [7, 11) is 0. The number of ether oxygens (including phenoxy) is 3. The lowest BCUT2D eigenvalue weighted by atomic mass is 9.95. The van der Waals surface area contributed by atoms with E-state index in [2.05, 4.69) is 5.32 Å². The number of aliphatic carboxylic acids is 1. The minimum Gasteiger partial charge on any atom is -0.477 e. The van der Waals surface area contributed by atoms with Gasteiger partial charge in [-0.25, -0.2) is 4.79 Å². The van der Waals surface area contributed by atoms with E-state index in [1.54, 1.807) is 33.8 Å². The van der Waals surface area contributed by atoms with Gasteiger partial charge in [-0.05, 0) is 64.7 Å². The molecule has 0 spiro atoms. The Bertz CT molecular complexity index is 968. The Morgan fingerprint density at radius 3 is 1.87 bits per heavy atom. The van der Waals surface area contributed by atoms with Crippen molar-refractivity contribution in [3.63, 3.8) is 0 Å². The second kappa shape index (κ2) is 16.2. The molecule has 0 radical (unpaired) electrons. The quantitative estimate of drug-likeness (QED) is 0.105. The molecule has 0 aromatic heterocycles. The van der Waals surface area contributed by atoms with E-state index in [0.717, 1.165) is 25.7 Å². The molecule has 220 valence electrons. The molecule has 9 heteroatoms. The number of nitrogens with one attached hydrogen (secondary N) is 1. The molecule has 9 nitrogen and oxygen atoms in total. The van der Waals surface area contributed by atoms with Crippen molar-refractivity contribution in [2.45, 2.75) is 124 Å². The number of hydrogen-bond donors (Lipinski definition) is 2. The van der Waals surface area contributed by atoms with Gasteiger partial charge in [0.1, 0.15) is 0 Å². The number of carboxylic acid groups (broad SMARTS) is 1. The highest BCUT2D eigenvalue weighted by Crippen LogP contribution is 2.32. The van der Waals surface area contributed by atoms with Crippen LogP contribution in [-0.4, -0.2) is 40.8 Å². The number of unbranched alkanes of at least 4 members (excludes halogenated alkanes) is 4. The minimum atomic E-state index is -2.07. The molecule has 0 heterocycles. The highest BCUT2D eigenvalue weighted by molar-refractivity contribution is 5.84. The van der Waals surface area contributed by atoms with Crippen LogP contribution in [0, 0.1) is 5.41 Å². The maximum atomic E-state index is 12.8. The highest BCUT2D eigenvalue weighted by Gasteiger charge is 2.46. The maximum Gasteiger partial charge on any atom is 0.364 e. The summed E-state index contributed by atoms with van der Waals surface area (Å²) >= 11 is 0. The third kappa shape index (κ3) is 11.8. The topological polar surface area (TPSA) is 128 Å². The lowest BCUT2D eigenvalue weighted by Crippen LogP contribution is -2.60. The zero-order chi connectivity index (χ0) is 29.6. The Labute approximate surface area is 233 Å². The Balaban J connectivity index is 3.41. The number of carbonyl (C=O) groups is 4. The van der Waals surface area contributed by atoms with Crippen molar-refractivity contribution in [3.8, 4) is 11.5 Å². The molecule has 0 fully saturated rings. The van der Waals surface area contributed by atoms with Gasteiger partial charge < -0.3 is 19.3 Å². The first-order valence-corrected chi connectivity index (χ1v) is 14.1. The first-order valence-electron chi connectivity index (χ1n) is 14.1. The predicted molar refractivity (Wildman–Crippen MR) is 149 cm³/mol. The molecular formula is C30H47NO8. The second-order valence-electron chi connectivity index (χ2n) is 11.0. The fourth-order valence-corrected chi connectivity index (χ4v) is 3.61. The molecular weight excluding hydrogens is 502 g/mol. The molecule has 0 aliphatic heterocycles. The summed E-state index contributed by atoms with van der Waals surface area (Å²) in [4.78, 5) is 50.3. The molecule has 0 aliphatic rings. The number of rotatable bonds is 17. The van der Waals surface area contributed by atoms with Crippen molar-refractivity contribution < 1.29 is 38.5 Å². The Morgan fingerprint density at radius 2 is 1.41 bits per heavy atom. The molecule has 0 amide bonds. The van der Waals surface area contributed by atoms with E-state index in [1.807, 2.05) is 20.8 Å². The van der Waals surface area contributed by atoms with Gasteiger partial charge in [0, 0.05) is 25.3 Å². The molecule has 1 aromatic carbocycles. The normalized spacial score (nSPS) is 13.7. The molecule has 2 N–H and O–H groups in total. The summed E-state index contributed by atoms with van der Waals surface area (Å²) in [6.07, 6.45) is 5.76. The minimum absolute atomic E-state index is 0.0165. The van der Waals surface area contributed by atoms with Gasteiger partial charge in [-0.2, -0.15) is 0 Å². The van der Waals surface area contributed by atoms with Gasteiger partial charge in [0.25, 0.3) is 5.72 Å². The van der Waals surface area contributed by atoms with E-state index in [9.17, 15) is 24.3 Å². The molecule has 1 aromatic rings. The van der Waals surface area contributed by atoms with E-state index in [1.165, 1.54) is 12.1 Å². The van der Waals surface area contributed by atoms with Crippen LogP contribution in [0.5, 0.6) is 11.5 Å². The van der Waals surface area contributed by atoms with Gasteiger partial charge in [-0.15, -0.1) is 0 Å². The standard InChI is InChI=1S/C30H47NO8/c1-8-11-13-15-25(32)37-23-18-17-22(19-24(23)38-26(33)16-14-12-9-2)20-30(27(34)35,31-21(4)10-3)39-28(36)29(5,6)7/h17-19,21,31H,8-16,20H2,1-7H3,(H,34,35)/t21?,30-/m0/s1. The molecule has 1 rings (SSSR count). The van der Waals surface area contributed by atoms with E-state index >= 15 is 0 Å². The number of carbonyl (C=O) groups excluding carboxylic acids is 3. The van der Waals surface area contributed by atoms with Crippen LogP contribution in [-0.2, 0) is 30.3 Å². The summed E-state index contributed by atoms with van der Waals surface area (Å²) in [6, 6.07) is 4.23. The van der Waals surface area contributed by atoms with Crippen molar-refractivity contribution in [3.05, 3.63) is 23.8 Å². The van der Waals surface area contributed by atoms with E-state index in [-0.39, 0.29) is 36.8 Å². The molecule has 0 saturated heterocycles. The summed E-state index contributed by atoms with van der Waals surface area (Å²) in [5.41, 5.74) is -2.59. The highest BCUT2D eigenvalue weighted by atomic mass is 16.6. The third-order valence-corrected chi connectivity index (χ3v) is 6.19. The van der Waals surface area contributed by atoms with Gasteiger partial charge in [0.05, 0.1) is 5.41 Å². The van der Waals surface area contributed by atoms with Crippen LogP contribution >= 0.6 is 0 Å². The lowest BCUT2D eigenvalue weighted by molar-refractivity contribution is -0.190. The first kappa shape index (κ1) is 34.1. The van der Waals surface area contributed by atoms with Crippen LogP contribution in [0.2, 0.25) is 0 Å². The largest absolute Gasteiger partial charge is 0.477 e. The third-order valence-electron chi connectivity index (χ3n) is 6.19. The van der Waals surface area contributed by atoms with Crippen LogP contribution in [0.1, 0.15) is 112 Å². The van der Waals surface area contributed by atoms with Crippen LogP contribution in [0.4, 0.5) is 0 Å². The van der Waals surface area contributed by atoms with Gasteiger partial charge >= 0.3 is 23.9 Å². The average Bonchev–Trinajstić information content (AvgIpc) is 2.85. The van der Waals surface area contributed by atoms with E-state index in [0.29, 0.717) is 24.8 Å². The summed E-state index contributed by atoms with van der Waals surface area (Å²) in [6.45, 7) is 12.7. The lowest BCUT2D eigenvalue weighted by Gasteiger charge is -2.35. The fraction of sp³-hybridized carbons (Fsp3) is 0.667. The monoisotopic (exact) mass is 549 g/mol. The molecule has 0 bridgehead atoms. The maximum absolute atomic E-state index is 12.8. The van der Waals surface area contributed by atoms with Crippen LogP contribution in [0.25, 0.3) is 0 Å². The number of esters is 3. The molecule has 2 atom stereocenters. The molecule has 0 saturated carbocycles. The summed E-state index contributed by atoms with van der Waals surface area (Å²) < 4.78 is 16.7. The molecule has 1 unspecified atom stereocenters. The molecule has 0 aliphatic carbocycles. The van der Waals surface area contributed by atoms with Gasteiger partial charge in [0.15, 0.2) is 11.5 Å². The zero-order valence-corrected chi connectivity index (χ0v) is 24.7. The van der Waals surface area contributed by atoms with Crippen molar-refractivity contribution in [2.75, 3.05) is 0 Å². The zero-order valence-electron chi connectivity index (χ0n) is 24.7. The Morgan fingerprint density at radius 1 is 0.872 bits per heavy atom. The smallest absolute Gasteiger partial charge is 0.364 e. The van der Waals surface area contributed by atoms with E-state index in [4.69, 9.17) is 14.2 Å². The predicted octanol–water partition coefficient (Wildman–Crippen LogP) is 5.96. The summed E-state index contributed by atoms with van der Waals surface area (Å²) in [5, 5.41) is 13.2. The van der Waals surface area contributed by atoms with Gasteiger partial charge in [0.2, 0.25) is 0 Å². The van der Waals surface area contributed by atoms with Gasteiger partial charge in [-0.1, -0.05) is 52.5 Å². The molecule has 39 heavy (non-hydrogen) atoms. The van der Waals surface area contributed by atoms with Crippen molar-refractivity contribution in [1.29, 1.82) is 0 Å². The summed E-state index contributed by atoms with van der Waals surface area (Å²) in [5.74, 6) is -2.87. The van der Waals surface area contributed by atoms with Crippen molar-refractivity contribution >= 4 is 23.9 Å².